The summed E-state index contributed by atoms with van der Waals surface area (Å²) in [5, 5.41) is 3.15. The van der Waals surface area contributed by atoms with Gasteiger partial charge in [0.05, 0.1) is 7.11 Å². The molecule has 0 saturated carbocycles. The third-order valence-corrected chi connectivity index (χ3v) is 1.92. The van der Waals surface area contributed by atoms with E-state index in [2.05, 4.69) is 12.2 Å². The van der Waals surface area contributed by atoms with E-state index in [-0.39, 0.29) is 18.1 Å². The second kappa shape index (κ2) is 8.68. The first-order chi connectivity index (χ1) is 7.11. The average Bonchev–Trinajstić information content (AvgIpc) is 2.21. The van der Waals surface area contributed by atoms with Crippen molar-refractivity contribution < 1.29 is 14.3 Å². The van der Waals surface area contributed by atoms with Crippen LogP contribution in [0.4, 0.5) is 0 Å². The monoisotopic (exact) mass is 217 g/mol. The predicted molar refractivity (Wildman–Crippen MR) is 59.8 cm³/mol. The van der Waals surface area contributed by atoms with Gasteiger partial charge >= 0.3 is 5.97 Å². The van der Waals surface area contributed by atoms with Crippen LogP contribution in [0, 0.1) is 0 Å². The van der Waals surface area contributed by atoms with Crippen LogP contribution in [0.5, 0.6) is 0 Å². The Bertz CT molecular complexity index is 171. The maximum absolute atomic E-state index is 11.4. The molecule has 0 aromatic rings. The van der Waals surface area contributed by atoms with Gasteiger partial charge in [-0.1, -0.05) is 20.8 Å². The SMILES string of the molecule is CCCOCCC(NC(C)C)C(=O)OC. The molecule has 1 N–H and O–H groups in total. The van der Waals surface area contributed by atoms with Crippen LogP contribution >= 0.6 is 0 Å². The van der Waals surface area contributed by atoms with Crippen LogP contribution in [-0.4, -0.2) is 38.4 Å². The van der Waals surface area contributed by atoms with E-state index in [4.69, 9.17) is 9.47 Å². The molecule has 90 valence electrons. The van der Waals surface area contributed by atoms with Crippen molar-refractivity contribution in [3.8, 4) is 0 Å². The normalized spacial score (nSPS) is 12.9. The molecule has 0 aromatic heterocycles. The minimum atomic E-state index is -0.258. The molecule has 4 heteroatoms. The molecule has 0 heterocycles. The molecule has 0 aliphatic heterocycles. The lowest BCUT2D eigenvalue weighted by molar-refractivity contribution is -0.143. The van der Waals surface area contributed by atoms with Gasteiger partial charge in [0.25, 0.3) is 0 Å². The molecule has 4 nitrogen and oxygen atoms in total. The van der Waals surface area contributed by atoms with E-state index in [1.165, 1.54) is 7.11 Å². The number of carbonyl (C=O) groups excluding carboxylic acids is 1. The van der Waals surface area contributed by atoms with Crippen molar-refractivity contribution in [2.75, 3.05) is 20.3 Å². The lowest BCUT2D eigenvalue weighted by atomic mass is 10.2. The summed E-state index contributed by atoms with van der Waals surface area (Å²) in [6, 6.07) is 0.00660. The number of rotatable bonds is 8. The van der Waals surface area contributed by atoms with Crippen LogP contribution in [0.15, 0.2) is 0 Å². The summed E-state index contributed by atoms with van der Waals surface area (Å²) in [5.41, 5.74) is 0. The number of ether oxygens (including phenoxy) is 2. The van der Waals surface area contributed by atoms with Crippen LogP contribution in [-0.2, 0) is 14.3 Å². The first kappa shape index (κ1) is 14.4. The third-order valence-electron chi connectivity index (χ3n) is 1.92. The fourth-order valence-electron chi connectivity index (χ4n) is 1.26. The van der Waals surface area contributed by atoms with Crippen molar-refractivity contribution >= 4 is 5.97 Å². The van der Waals surface area contributed by atoms with Crippen LogP contribution < -0.4 is 5.32 Å². The Balaban J connectivity index is 3.85. The van der Waals surface area contributed by atoms with Crippen LogP contribution in [0.3, 0.4) is 0 Å². The molecular weight excluding hydrogens is 194 g/mol. The predicted octanol–water partition coefficient (Wildman–Crippen LogP) is 1.34. The van der Waals surface area contributed by atoms with Crippen molar-refractivity contribution in [3.05, 3.63) is 0 Å². The van der Waals surface area contributed by atoms with E-state index in [0.29, 0.717) is 13.0 Å². The van der Waals surface area contributed by atoms with Crippen LogP contribution in [0.25, 0.3) is 0 Å². The lowest BCUT2D eigenvalue weighted by Gasteiger charge is -2.18. The van der Waals surface area contributed by atoms with Gasteiger partial charge in [-0.05, 0) is 12.8 Å². The Labute approximate surface area is 92.3 Å². The molecule has 0 rings (SSSR count). The summed E-state index contributed by atoms with van der Waals surface area (Å²) < 4.78 is 10.1. The first-order valence-electron chi connectivity index (χ1n) is 5.53. The van der Waals surface area contributed by atoms with Gasteiger partial charge in [-0.3, -0.25) is 4.79 Å². The zero-order valence-corrected chi connectivity index (χ0v) is 10.2. The van der Waals surface area contributed by atoms with Gasteiger partial charge in [0.2, 0.25) is 0 Å². The van der Waals surface area contributed by atoms with Crippen LogP contribution in [0.2, 0.25) is 0 Å². The van der Waals surface area contributed by atoms with Gasteiger partial charge < -0.3 is 14.8 Å². The Morgan fingerprint density at radius 3 is 2.47 bits per heavy atom. The summed E-state index contributed by atoms with van der Waals surface area (Å²) in [4.78, 5) is 11.4. The summed E-state index contributed by atoms with van der Waals surface area (Å²) in [7, 11) is 1.41. The Morgan fingerprint density at radius 1 is 1.33 bits per heavy atom. The molecular formula is C11H23NO3. The average molecular weight is 217 g/mol. The molecule has 0 fully saturated rings. The van der Waals surface area contributed by atoms with E-state index in [1.54, 1.807) is 0 Å². The Hall–Kier alpha value is -0.610. The van der Waals surface area contributed by atoms with Gasteiger partial charge in [0, 0.05) is 19.3 Å². The molecule has 1 atom stereocenters. The number of nitrogens with one attached hydrogen (secondary N) is 1. The molecule has 1 unspecified atom stereocenters. The van der Waals surface area contributed by atoms with Crippen molar-refractivity contribution in [1.29, 1.82) is 0 Å². The maximum atomic E-state index is 11.4. The molecule has 0 radical (unpaired) electrons. The van der Waals surface area contributed by atoms with E-state index >= 15 is 0 Å². The second-order valence-corrected chi connectivity index (χ2v) is 3.80. The quantitative estimate of drug-likeness (QED) is 0.492. The number of hydrogen-bond donors (Lipinski definition) is 1. The minimum Gasteiger partial charge on any atom is -0.468 e. The highest BCUT2D eigenvalue weighted by Crippen LogP contribution is 1.98. The number of esters is 1. The van der Waals surface area contributed by atoms with E-state index in [0.717, 1.165) is 13.0 Å². The summed E-state index contributed by atoms with van der Waals surface area (Å²) in [6.07, 6.45) is 1.66. The zero-order valence-electron chi connectivity index (χ0n) is 10.2. The van der Waals surface area contributed by atoms with E-state index in [9.17, 15) is 4.79 Å². The molecule has 0 amide bonds. The Morgan fingerprint density at radius 2 is 2.00 bits per heavy atom. The largest absolute Gasteiger partial charge is 0.468 e. The molecule has 0 saturated heterocycles. The second-order valence-electron chi connectivity index (χ2n) is 3.80. The van der Waals surface area contributed by atoms with Gasteiger partial charge in [-0.25, -0.2) is 0 Å². The standard InChI is InChI=1S/C11H23NO3/c1-5-7-15-8-6-10(11(13)14-4)12-9(2)3/h9-10,12H,5-8H2,1-4H3. The van der Waals surface area contributed by atoms with Crippen molar-refractivity contribution in [3.63, 3.8) is 0 Å². The topological polar surface area (TPSA) is 47.6 Å². The van der Waals surface area contributed by atoms with Gasteiger partial charge in [-0.15, -0.1) is 0 Å². The van der Waals surface area contributed by atoms with Gasteiger partial charge in [-0.2, -0.15) is 0 Å². The van der Waals surface area contributed by atoms with Gasteiger partial charge in [0.15, 0.2) is 0 Å². The van der Waals surface area contributed by atoms with Crippen LogP contribution in [0.1, 0.15) is 33.6 Å². The molecule has 0 spiro atoms. The number of methoxy groups -OCH3 is 1. The molecule has 0 aliphatic rings. The summed E-state index contributed by atoms with van der Waals surface area (Å²) >= 11 is 0. The lowest BCUT2D eigenvalue weighted by Crippen LogP contribution is -2.42. The molecule has 0 aromatic carbocycles. The van der Waals surface area contributed by atoms with E-state index in [1.807, 2.05) is 13.8 Å². The fraction of sp³-hybridized carbons (Fsp3) is 0.909. The first-order valence-corrected chi connectivity index (χ1v) is 5.53. The molecule has 15 heavy (non-hydrogen) atoms. The highest BCUT2D eigenvalue weighted by molar-refractivity contribution is 5.75. The number of carbonyl (C=O) groups is 1. The highest BCUT2D eigenvalue weighted by Gasteiger charge is 2.19. The summed E-state index contributed by atoms with van der Waals surface area (Å²) in [6.45, 7) is 7.40. The van der Waals surface area contributed by atoms with Crippen molar-refractivity contribution in [1.82, 2.24) is 5.32 Å². The van der Waals surface area contributed by atoms with Crippen molar-refractivity contribution in [2.45, 2.75) is 45.7 Å². The zero-order chi connectivity index (χ0) is 11.7. The number of hydrogen-bond acceptors (Lipinski definition) is 4. The molecule has 0 bridgehead atoms. The van der Waals surface area contributed by atoms with Crippen molar-refractivity contribution in [2.24, 2.45) is 0 Å². The Kier molecular flexibility index (Phi) is 8.33. The highest BCUT2D eigenvalue weighted by atomic mass is 16.5. The minimum absolute atomic E-state index is 0.219. The fourth-order valence-corrected chi connectivity index (χ4v) is 1.26. The third kappa shape index (κ3) is 7.33. The summed E-state index contributed by atoms with van der Waals surface area (Å²) in [5.74, 6) is -0.219. The smallest absolute Gasteiger partial charge is 0.322 e. The molecule has 0 aliphatic carbocycles. The maximum Gasteiger partial charge on any atom is 0.322 e. The van der Waals surface area contributed by atoms with E-state index < -0.39 is 0 Å². The van der Waals surface area contributed by atoms with Gasteiger partial charge in [0.1, 0.15) is 6.04 Å².